The van der Waals surface area contributed by atoms with Gasteiger partial charge in [-0.2, -0.15) is 0 Å². The molecule has 0 bridgehead atoms. The second-order valence-corrected chi connectivity index (χ2v) is 5.47. The van der Waals surface area contributed by atoms with Crippen molar-refractivity contribution in [2.75, 3.05) is 13.7 Å². The van der Waals surface area contributed by atoms with E-state index in [0.717, 1.165) is 11.3 Å². The lowest BCUT2D eigenvalue weighted by molar-refractivity contribution is -0.0724. The van der Waals surface area contributed by atoms with Crippen molar-refractivity contribution in [1.82, 2.24) is 0 Å². The zero-order chi connectivity index (χ0) is 13.8. The summed E-state index contributed by atoms with van der Waals surface area (Å²) in [6, 6.07) is 7.54. The molecule has 0 amide bonds. The molecular weight excluding hydrogens is 228 g/mol. The van der Waals surface area contributed by atoms with Crippen molar-refractivity contribution in [2.24, 2.45) is 5.41 Å². The van der Waals surface area contributed by atoms with Crippen molar-refractivity contribution in [2.45, 2.75) is 39.9 Å². The van der Waals surface area contributed by atoms with Gasteiger partial charge in [-0.05, 0) is 30.0 Å². The summed E-state index contributed by atoms with van der Waals surface area (Å²) in [6.45, 7) is 8.72. The summed E-state index contributed by atoms with van der Waals surface area (Å²) in [7, 11) is 1.63. The minimum atomic E-state index is -0.657. The Labute approximate surface area is 110 Å². The highest BCUT2D eigenvalue weighted by Crippen LogP contribution is 2.33. The van der Waals surface area contributed by atoms with Gasteiger partial charge in [0.25, 0.3) is 0 Å². The molecule has 0 aromatic heterocycles. The van der Waals surface area contributed by atoms with Crippen LogP contribution in [0.4, 0.5) is 0 Å². The van der Waals surface area contributed by atoms with E-state index in [1.54, 1.807) is 7.11 Å². The summed E-state index contributed by atoms with van der Waals surface area (Å²) >= 11 is 0. The molecule has 2 atom stereocenters. The Morgan fingerprint density at radius 2 is 1.94 bits per heavy atom. The number of rotatable bonds is 5. The van der Waals surface area contributed by atoms with E-state index >= 15 is 0 Å². The second kappa shape index (κ2) is 6.21. The summed E-state index contributed by atoms with van der Waals surface area (Å²) in [6.07, 6.45) is -0.912. The first kappa shape index (κ1) is 15.0. The minimum Gasteiger partial charge on any atom is -0.494 e. The van der Waals surface area contributed by atoms with E-state index in [0.29, 0.717) is 6.61 Å². The molecule has 102 valence electrons. The molecule has 1 aromatic carbocycles. The van der Waals surface area contributed by atoms with Crippen LogP contribution in [-0.4, -0.2) is 24.9 Å². The van der Waals surface area contributed by atoms with Gasteiger partial charge in [-0.15, -0.1) is 0 Å². The molecule has 1 N–H and O–H groups in total. The lowest BCUT2D eigenvalue weighted by Gasteiger charge is -2.33. The van der Waals surface area contributed by atoms with Gasteiger partial charge >= 0.3 is 0 Å². The maximum absolute atomic E-state index is 10.4. The molecule has 0 heterocycles. The normalized spacial score (nSPS) is 15.2. The molecule has 3 nitrogen and oxygen atoms in total. The molecule has 0 saturated heterocycles. The molecule has 1 aromatic rings. The number of ether oxygens (including phenoxy) is 2. The van der Waals surface area contributed by atoms with E-state index in [9.17, 15) is 5.11 Å². The average Bonchev–Trinajstić information content (AvgIpc) is 2.28. The van der Waals surface area contributed by atoms with Gasteiger partial charge in [0.1, 0.15) is 11.9 Å². The molecule has 0 fully saturated rings. The van der Waals surface area contributed by atoms with Crippen molar-refractivity contribution in [1.29, 1.82) is 0 Å². The highest BCUT2D eigenvalue weighted by molar-refractivity contribution is 5.30. The molecule has 0 spiro atoms. The molecule has 0 aliphatic heterocycles. The topological polar surface area (TPSA) is 38.7 Å². The van der Waals surface area contributed by atoms with Crippen LogP contribution in [0.5, 0.6) is 5.75 Å². The average molecular weight is 252 g/mol. The summed E-state index contributed by atoms with van der Waals surface area (Å²) in [5.74, 6) is 0.776. The van der Waals surface area contributed by atoms with Crippen molar-refractivity contribution >= 4 is 0 Å². The Kier molecular flexibility index (Phi) is 5.17. The van der Waals surface area contributed by atoms with Gasteiger partial charge in [-0.25, -0.2) is 0 Å². The number of hydrogen-bond acceptors (Lipinski definition) is 3. The van der Waals surface area contributed by atoms with Gasteiger partial charge in [0, 0.05) is 7.11 Å². The van der Waals surface area contributed by atoms with Gasteiger partial charge in [0.2, 0.25) is 0 Å². The first-order chi connectivity index (χ1) is 8.40. The van der Waals surface area contributed by atoms with Crippen LogP contribution in [0.2, 0.25) is 0 Å². The SMILES string of the molecule is CCOc1cccc(C(O)C(OC)C(C)(C)C)c1. The number of benzene rings is 1. The standard InChI is InChI=1S/C15H24O3/c1-6-18-12-9-7-8-11(10-12)13(16)14(17-5)15(2,3)4/h7-10,13-14,16H,6H2,1-5H3. The summed E-state index contributed by atoms with van der Waals surface area (Å²) < 4.78 is 10.9. The van der Waals surface area contributed by atoms with E-state index in [4.69, 9.17) is 9.47 Å². The van der Waals surface area contributed by atoms with Crippen molar-refractivity contribution in [3.63, 3.8) is 0 Å². The van der Waals surface area contributed by atoms with Crippen molar-refractivity contribution < 1.29 is 14.6 Å². The zero-order valence-corrected chi connectivity index (χ0v) is 11.9. The van der Waals surface area contributed by atoms with Gasteiger partial charge in [0.15, 0.2) is 0 Å². The predicted octanol–water partition coefficient (Wildman–Crippen LogP) is 3.18. The highest BCUT2D eigenvalue weighted by atomic mass is 16.5. The van der Waals surface area contributed by atoms with Crippen LogP contribution in [0.3, 0.4) is 0 Å². The quantitative estimate of drug-likeness (QED) is 0.874. The van der Waals surface area contributed by atoms with Crippen LogP contribution >= 0.6 is 0 Å². The minimum absolute atomic E-state index is 0.129. The molecule has 0 aliphatic rings. The fourth-order valence-electron chi connectivity index (χ4n) is 2.09. The fourth-order valence-corrected chi connectivity index (χ4v) is 2.09. The Morgan fingerprint density at radius 3 is 2.44 bits per heavy atom. The van der Waals surface area contributed by atoms with E-state index < -0.39 is 6.10 Å². The van der Waals surface area contributed by atoms with E-state index in [-0.39, 0.29) is 11.5 Å². The van der Waals surface area contributed by atoms with Crippen LogP contribution in [-0.2, 0) is 4.74 Å². The van der Waals surface area contributed by atoms with Gasteiger partial charge in [-0.1, -0.05) is 32.9 Å². The third kappa shape index (κ3) is 3.72. The lowest BCUT2D eigenvalue weighted by atomic mass is 9.83. The smallest absolute Gasteiger partial charge is 0.119 e. The Balaban J connectivity index is 2.94. The van der Waals surface area contributed by atoms with Crippen LogP contribution < -0.4 is 4.74 Å². The molecule has 0 radical (unpaired) electrons. The Hall–Kier alpha value is -1.06. The van der Waals surface area contributed by atoms with Gasteiger partial charge in [-0.3, -0.25) is 0 Å². The van der Waals surface area contributed by atoms with E-state index in [1.807, 2.05) is 31.2 Å². The summed E-state index contributed by atoms with van der Waals surface area (Å²) in [5, 5.41) is 10.4. The summed E-state index contributed by atoms with van der Waals surface area (Å²) in [4.78, 5) is 0. The largest absolute Gasteiger partial charge is 0.494 e. The highest BCUT2D eigenvalue weighted by Gasteiger charge is 2.32. The molecule has 18 heavy (non-hydrogen) atoms. The lowest BCUT2D eigenvalue weighted by Crippen LogP contribution is -2.34. The van der Waals surface area contributed by atoms with Crippen LogP contribution in [0, 0.1) is 5.41 Å². The molecule has 0 saturated carbocycles. The molecular formula is C15H24O3. The number of methoxy groups -OCH3 is 1. The predicted molar refractivity (Wildman–Crippen MR) is 72.8 cm³/mol. The van der Waals surface area contributed by atoms with E-state index in [1.165, 1.54) is 0 Å². The first-order valence-corrected chi connectivity index (χ1v) is 6.33. The van der Waals surface area contributed by atoms with E-state index in [2.05, 4.69) is 20.8 Å². The summed E-state index contributed by atoms with van der Waals surface area (Å²) in [5.41, 5.74) is 0.693. The van der Waals surface area contributed by atoms with Crippen LogP contribution in [0.1, 0.15) is 39.4 Å². The second-order valence-electron chi connectivity index (χ2n) is 5.47. The zero-order valence-electron chi connectivity index (χ0n) is 11.9. The third-order valence-corrected chi connectivity index (χ3v) is 2.90. The van der Waals surface area contributed by atoms with Crippen LogP contribution in [0.15, 0.2) is 24.3 Å². The molecule has 0 aliphatic carbocycles. The maximum atomic E-state index is 10.4. The fraction of sp³-hybridized carbons (Fsp3) is 0.600. The van der Waals surface area contributed by atoms with Crippen molar-refractivity contribution in [3.8, 4) is 5.75 Å². The van der Waals surface area contributed by atoms with Gasteiger partial charge in [0.05, 0.1) is 12.7 Å². The Bertz CT molecular complexity index is 368. The van der Waals surface area contributed by atoms with Crippen LogP contribution in [0.25, 0.3) is 0 Å². The maximum Gasteiger partial charge on any atom is 0.119 e. The number of hydrogen-bond donors (Lipinski definition) is 1. The molecule has 2 unspecified atom stereocenters. The number of aliphatic hydroxyl groups is 1. The third-order valence-electron chi connectivity index (χ3n) is 2.90. The van der Waals surface area contributed by atoms with Gasteiger partial charge < -0.3 is 14.6 Å². The molecule has 1 rings (SSSR count). The number of aliphatic hydroxyl groups excluding tert-OH is 1. The van der Waals surface area contributed by atoms with Crippen molar-refractivity contribution in [3.05, 3.63) is 29.8 Å². The first-order valence-electron chi connectivity index (χ1n) is 6.33. The Morgan fingerprint density at radius 1 is 1.28 bits per heavy atom. The monoisotopic (exact) mass is 252 g/mol. The molecule has 3 heteroatoms.